The maximum absolute atomic E-state index is 5.60. The topological polar surface area (TPSA) is 81.6 Å². The summed E-state index contributed by atoms with van der Waals surface area (Å²) in [5.41, 5.74) is 4.56. The van der Waals surface area contributed by atoms with Gasteiger partial charge in [-0.1, -0.05) is 20.8 Å². The van der Waals surface area contributed by atoms with E-state index in [2.05, 4.69) is 42.3 Å². The van der Waals surface area contributed by atoms with E-state index in [0.717, 1.165) is 22.9 Å². The van der Waals surface area contributed by atoms with Gasteiger partial charge in [-0.15, -0.1) is 0 Å². The van der Waals surface area contributed by atoms with Crippen LogP contribution in [-0.2, 0) is 5.41 Å². The molecule has 2 aromatic rings. The zero-order valence-electron chi connectivity index (χ0n) is 13.0. The molecule has 0 radical (unpaired) electrons. The van der Waals surface area contributed by atoms with E-state index >= 15 is 0 Å². The first kappa shape index (κ1) is 14.0. The number of rotatable bonds is 3. The Hall–Kier alpha value is -1.95. The highest BCUT2D eigenvalue weighted by atomic mass is 15.3. The van der Waals surface area contributed by atoms with E-state index < -0.39 is 0 Å². The minimum Gasteiger partial charge on any atom is -0.308 e. The summed E-state index contributed by atoms with van der Waals surface area (Å²) in [7, 11) is 0. The fourth-order valence-corrected chi connectivity index (χ4v) is 2.26. The van der Waals surface area contributed by atoms with Crippen LogP contribution in [0.1, 0.15) is 56.6 Å². The SMILES string of the molecule is Cc1c(NN)nc(C(C)(C)C)nc1-n1ccc(C2CC2)n1. The van der Waals surface area contributed by atoms with Crippen LogP contribution in [0.5, 0.6) is 0 Å². The monoisotopic (exact) mass is 286 g/mol. The Bertz CT molecular complexity index is 663. The first-order chi connectivity index (χ1) is 9.90. The van der Waals surface area contributed by atoms with Crippen molar-refractivity contribution in [3.05, 3.63) is 29.3 Å². The zero-order chi connectivity index (χ0) is 15.2. The number of anilines is 1. The Balaban J connectivity index is 2.10. The van der Waals surface area contributed by atoms with Crippen molar-refractivity contribution in [3.8, 4) is 5.82 Å². The van der Waals surface area contributed by atoms with Gasteiger partial charge in [0.05, 0.1) is 5.69 Å². The maximum Gasteiger partial charge on any atom is 0.162 e. The van der Waals surface area contributed by atoms with Gasteiger partial charge in [-0.3, -0.25) is 0 Å². The van der Waals surface area contributed by atoms with E-state index in [-0.39, 0.29) is 5.41 Å². The first-order valence-corrected chi connectivity index (χ1v) is 7.32. The Morgan fingerprint density at radius 2 is 2.00 bits per heavy atom. The van der Waals surface area contributed by atoms with Gasteiger partial charge in [-0.2, -0.15) is 5.10 Å². The Morgan fingerprint density at radius 3 is 2.57 bits per heavy atom. The molecule has 3 N–H and O–H groups in total. The lowest BCUT2D eigenvalue weighted by molar-refractivity contribution is 0.541. The van der Waals surface area contributed by atoms with Crippen LogP contribution in [0.3, 0.4) is 0 Å². The summed E-state index contributed by atoms with van der Waals surface area (Å²) >= 11 is 0. The van der Waals surface area contributed by atoms with Crippen molar-refractivity contribution in [2.45, 2.75) is 51.9 Å². The number of nitrogens with two attached hydrogens (primary N) is 1. The lowest BCUT2D eigenvalue weighted by Crippen LogP contribution is -2.22. The molecule has 3 rings (SSSR count). The lowest BCUT2D eigenvalue weighted by atomic mass is 9.95. The van der Waals surface area contributed by atoms with E-state index in [9.17, 15) is 0 Å². The molecule has 1 fully saturated rings. The van der Waals surface area contributed by atoms with Crippen molar-refractivity contribution < 1.29 is 0 Å². The minimum atomic E-state index is -0.152. The third-order valence-electron chi connectivity index (χ3n) is 3.75. The summed E-state index contributed by atoms with van der Waals surface area (Å²) in [6, 6.07) is 2.07. The van der Waals surface area contributed by atoms with Crippen molar-refractivity contribution in [2.75, 3.05) is 5.43 Å². The zero-order valence-corrected chi connectivity index (χ0v) is 13.0. The highest BCUT2D eigenvalue weighted by Gasteiger charge is 2.27. The first-order valence-electron chi connectivity index (χ1n) is 7.32. The third-order valence-corrected chi connectivity index (χ3v) is 3.75. The van der Waals surface area contributed by atoms with Gasteiger partial charge in [0.1, 0.15) is 11.6 Å². The second-order valence-electron chi connectivity index (χ2n) is 6.70. The molecule has 21 heavy (non-hydrogen) atoms. The van der Waals surface area contributed by atoms with E-state index in [1.54, 1.807) is 0 Å². The fraction of sp³-hybridized carbons (Fsp3) is 0.533. The average molecular weight is 286 g/mol. The standard InChI is InChI=1S/C15H22N6/c1-9-12(19-16)17-14(15(2,3)4)18-13(9)21-8-7-11(20-21)10-5-6-10/h7-8,10H,5-6,16H2,1-4H3,(H,17,18,19). The highest BCUT2D eigenvalue weighted by Crippen LogP contribution is 2.39. The molecule has 6 nitrogen and oxygen atoms in total. The maximum atomic E-state index is 5.60. The van der Waals surface area contributed by atoms with Gasteiger partial charge in [0.25, 0.3) is 0 Å². The van der Waals surface area contributed by atoms with Crippen molar-refractivity contribution in [3.63, 3.8) is 0 Å². The van der Waals surface area contributed by atoms with Gasteiger partial charge in [0.15, 0.2) is 5.82 Å². The molecule has 0 aliphatic heterocycles. The van der Waals surface area contributed by atoms with Crippen LogP contribution in [0.2, 0.25) is 0 Å². The van der Waals surface area contributed by atoms with Gasteiger partial charge < -0.3 is 5.43 Å². The van der Waals surface area contributed by atoms with Crippen molar-refractivity contribution in [1.29, 1.82) is 0 Å². The van der Waals surface area contributed by atoms with Crippen molar-refractivity contribution in [1.82, 2.24) is 19.7 Å². The Morgan fingerprint density at radius 1 is 1.29 bits per heavy atom. The number of nitrogen functional groups attached to an aromatic ring is 1. The number of hydrogen-bond donors (Lipinski definition) is 2. The molecule has 6 heteroatoms. The van der Waals surface area contributed by atoms with Gasteiger partial charge in [-0.05, 0) is 25.8 Å². The second kappa shape index (κ2) is 4.80. The molecule has 0 amide bonds. The minimum absolute atomic E-state index is 0.152. The Kier molecular flexibility index (Phi) is 3.20. The normalized spacial score (nSPS) is 15.3. The van der Waals surface area contributed by atoms with E-state index in [1.165, 1.54) is 12.8 Å². The molecule has 0 unspecified atom stereocenters. The molecule has 1 saturated carbocycles. The van der Waals surface area contributed by atoms with Gasteiger partial charge in [-0.25, -0.2) is 20.5 Å². The highest BCUT2D eigenvalue weighted by molar-refractivity contribution is 5.51. The van der Waals surface area contributed by atoms with Crippen molar-refractivity contribution >= 4 is 5.82 Å². The van der Waals surface area contributed by atoms with Crippen LogP contribution < -0.4 is 11.3 Å². The third kappa shape index (κ3) is 2.63. The van der Waals surface area contributed by atoms with Crippen LogP contribution in [0.25, 0.3) is 5.82 Å². The van der Waals surface area contributed by atoms with E-state index in [1.807, 2.05) is 17.8 Å². The molecular formula is C15H22N6. The van der Waals surface area contributed by atoms with Gasteiger partial charge in [0.2, 0.25) is 0 Å². The largest absolute Gasteiger partial charge is 0.308 e. The van der Waals surface area contributed by atoms with E-state index in [4.69, 9.17) is 10.8 Å². The predicted octanol–water partition coefficient (Wildman–Crippen LogP) is 2.43. The predicted molar refractivity (Wildman–Crippen MR) is 82.4 cm³/mol. The summed E-state index contributed by atoms with van der Waals surface area (Å²) in [6.07, 6.45) is 4.45. The molecule has 1 aliphatic carbocycles. The van der Waals surface area contributed by atoms with Crippen LogP contribution in [0.4, 0.5) is 5.82 Å². The quantitative estimate of drug-likeness (QED) is 0.669. The van der Waals surface area contributed by atoms with Crippen LogP contribution in [0, 0.1) is 6.92 Å². The molecule has 0 saturated heterocycles. The fourth-order valence-electron chi connectivity index (χ4n) is 2.26. The lowest BCUT2D eigenvalue weighted by Gasteiger charge is -2.20. The van der Waals surface area contributed by atoms with Gasteiger partial charge >= 0.3 is 0 Å². The number of nitrogens with zero attached hydrogens (tertiary/aromatic N) is 4. The summed E-state index contributed by atoms with van der Waals surface area (Å²) in [4.78, 5) is 9.22. The molecular weight excluding hydrogens is 264 g/mol. The molecule has 2 heterocycles. The van der Waals surface area contributed by atoms with Crippen molar-refractivity contribution in [2.24, 2.45) is 5.84 Å². The average Bonchev–Trinajstić information content (AvgIpc) is 3.16. The number of nitrogens with one attached hydrogen (secondary N) is 1. The van der Waals surface area contributed by atoms with E-state index in [0.29, 0.717) is 11.7 Å². The summed E-state index contributed by atoms with van der Waals surface area (Å²) in [6.45, 7) is 8.21. The Labute approximate surface area is 124 Å². The molecule has 0 atom stereocenters. The molecule has 0 spiro atoms. The summed E-state index contributed by atoms with van der Waals surface area (Å²) in [5.74, 6) is 8.41. The molecule has 0 bridgehead atoms. The van der Waals surface area contributed by atoms with Gasteiger partial charge in [0, 0.05) is 23.1 Å². The van der Waals surface area contributed by atoms with Crippen LogP contribution >= 0.6 is 0 Å². The van der Waals surface area contributed by atoms with Crippen LogP contribution in [0.15, 0.2) is 12.3 Å². The molecule has 112 valence electrons. The number of hydrogen-bond acceptors (Lipinski definition) is 5. The summed E-state index contributed by atoms with van der Waals surface area (Å²) < 4.78 is 1.83. The molecule has 2 aromatic heterocycles. The smallest absolute Gasteiger partial charge is 0.162 e. The second-order valence-corrected chi connectivity index (χ2v) is 6.70. The number of hydrazine groups is 1. The molecule has 0 aromatic carbocycles. The summed E-state index contributed by atoms with van der Waals surface area (Å²) in [5, 5.41) is 4.66. The van der Waals surface area contributed by atoms with Crippen LogP contribution in [-0.4, -0.2) is 19.7 Å². The molecule has 1 aliphatic rings. The number of aromatic nitrogens is 4.